The van der Waals surface area contributed by atoms with Crippen molar-refractivity contribution in [1.82, 2.24) is 9.97 Å². The maximum Gasteiger partial charge on any atom is 0.213 e. The fourth-order valence-corrected chi connectivity index (χ4v) is 1.07. The van der Waals surface area contributed by atoms with E-state index in [1.807, 2.05) is 72.0 Å². The molecule has 0 saturated carbocycles. The van der Waals surface area contributed by atoms with Gasteiger partial charge in [-0.25, -0.2) is 4.98 Å². The van der Waals surface area contributed by atoms with E-state index in [1.165, 1.54) is 11.1 Å². The van der Waals surface area contributed by atoms with Crippen molar-refractivity contribution in [2.75, 3.05) is 7.11 Å². The van der Waals surface area contributed by atoms with Crippen LogP contribution in [0.4, 0.5) is 0 Å². The van der Waals surface area contributed by atoms with Gasteiger partial charge in [0.1, 0.15) is 0 Å². The summed E-state index contributed by atoms with van der Waals surface area (Å²) in [5.74, 6) is 0.676. The highest BCUT2D eigenvalue weighted by molar-refractivity contribution is 5.18. The van der Waals surface area contributed by atoms with Gasteiger partial charge in [0, 0.05) is 24.7 Å². The van der Waals surface area contributed by atoms with Gasteiger partial charge >= 0.3 is 0 Å². The largest absolute Gasteiger partial charge is 0.481 e. The summed E-state index contributed by atoms with van der Waals surface area (Å²) in [6.45, 7) is 12.0. The fourth-order valence-electron chi connectivity index (χ4n) is 1.07. The third-order valence-corrected chi connectivity index (χ3v) is 1.91. The summed E-state index contributed by atoms with van der Waals surface area (Å²) < 4.78 is 4.88. The first-order valence-electron chi connectivity index (χ1n) is 7.05. The molecule has 2 aromatic rings. The minimum Gasteiger partial charge on any atom is -0.481 e. The molecule has 0 N–H and O–H groups in total. The van der Waals surface area contributed by atoms with E-state index >= 15 is 0 Å². The van der Waals surface area contributed by atoms with Gasteiger partial charge in [-0.2, -0.15) is 0 Å². The first-order valence-corrected chi connectivity index (χ1v) is 7.05. The molecule has 2 heterocycles. The van der Waals surface area contributed by atoms with E-state index in [1.54, 1.807) is 19.5 Å². The third-order valence-electron chi connectivity index (χ3n) is 1.91. The lowest BCUT2D eigenvalue weighted by molar-refractivity contribution is 0.397. The number of nitrogens with zero attached hydrogens (tertiary/aromatic N) is 2. The highest BCUT2D eigenvalue weighted by atomic mass is 16.5. The lowest BCUT2D eigenvalue weighted by Crippen LogP contribution is -1.85. The Hall–Kier alpha value is -1.90. The predicted octanol–water partition coefficient (Wildman–Crippen LogP) is 4.84. The number of aryl methyl sites for hydroxylation is 2. The SMILES string of the molecule is CC.CC.COc1cc(C)ccn1.Cc1cccnc1. The average Bonchev–Trinajstić information content (AvgIpc) is 2.52. The van der Waals surface area contributed by atoms with E-state index in [-0.39, 0.29) is 0 Å². The summed E-state index contributed by atoms with van der Waals surface area (Å²) >= 11 is 0. The molecule has 0 aromatic carbocycles. The highest BCUT2D eigenvalue weighted by Gasteiger charge is 1.88. The zero-order valence-electron chi connectivity index (χ0n) is 13.8. The molecule has 3 nitrogen and oxygen atoms in total. The number of aromatic nitrogens is 2. The van der Waals surface area contributed by atoms with Gasteiger partial charge < -0.3 is 4.74 Å². The first-order chi connectivity index (χ1) is 9.72. The van der Waals surface area contributed by atoms with Crippen molar-refractivity contribution in [3.8, 4) is 5.88 Å². The van der Waals surface area contributed by atoms with Crippen molar-refractivity contribution in [3.05, 3.63) is 54.0 Å². The molecule has 0 amide bonds. The van der Waals surface area contributed by atoms with Crippen LogP contribution in [-0.4, -0.2) is 17.1 Å². The molecule has 3 heteroatoms. The van der Waals surface area contributed by atoms with Crippen LogP contribution in [0.15, 0.2) is 42.9 Å². The van der Waals surface area contributed by atoms with Gasteiger partial charge in [0.2, 0.25) is 5.88 Å². The van der Waals surface area contributed by atoms with Crippen molar-refractivity contribution in [1.29, 1.82) is 0 Å². The van der Waals surface area contributed by atoms with Crippen molar-refractivity contribution >= 4 is 0 Å². The molecule has 0 spiro atoms. The topological polar surface area (TPSA) is 35.0 Å². The van der Waals surface area contributed by atoms with Gasteiger partial charge in [-0.1, -0.05) is 33.8 Å². The summed E-state index contributed by atoms with van der Waals surface area (Å²) in [6, 6.07) is 7.77. The molecular formula is C17H28N2O. The first kappa shape index (κ1) is 20.4. The van der Waals surface area contributed by atoms with E-state index in [0.29, 0.717) is 5.88 Å². The van der Waals surface area contributed by atoms with Crippen LogP contribution in [-0.2, 0) is 0 Å². The highest BCUT2D eigenvalue weighted by Crippen LogP contribution is 2.05. The summed E-state index contributed by atoms with van der Waals surface area (Å²) in [5, 5.41) is 0. The lowest BCUT2D eigenvalue weighted by Gasteiger charge is -1.96. The molecule has 2 rings (SSSR count). The molecule has 20 heavy (non-hydrogen) atoms. The molecule has 0 saturated heterocycles. The molecular weight excluding hydrogens is 248 g/mol. The fraction of sp³-hybridized carbons (Fsp3) is 0.412. The molecule has 2 aromatic heterocycles. The lowest BCUT2D eigenvalue weighted by atomic mass is 10.3. The monoisotopic (exact) mass is 276 g/mol. The number of pyridine rings is 2. The Morgan fingerprint density at radius 1 is 0.900 bits per heavy atom. The molecule has 0 aliphatic carbocycles. The van der Waals surface area contributed by atoms with Crippen LogP contribution < -0.4 is 4.74 Å². The van der Waals surface area contributed by atoms with E-state index in [9.17, 15) is 0 Å². The van der Waals surface area contributed by atoms with Gasteiger partial charge in [0.25, 0.3) is 0 Å². The van der Waals surface area contributed by atoms with Crippen LogP contribution >= 0.6 is 0 Å². The van der Waals surface area contributed by atoms with Gasteiger partial charge in [-0.15, -0.1) is 0 Å². The number of methoxy groups -OCH3 is 1. The number of rotatable bonds is 1. The average molecular weight is 276 g/mol. The Morgan fingerprint density at radius 2 is 1.55 bits per heavy atom. The van der Waals surface area contributed by atoms with Crippen LogP contribution in [0.5, 0.6) is 5.88 Å². The Kier molecular flexibility index (Phi) is 15.5. The summed E-state index contributed by atoms with van der Waals surface area (Å²) in [6.07, 6.45) is 5.33. The summed E-state index contributed by atoms with van der Waals surface area (Å²) in [5.41, 5.74) is 2.38. The minimum absolute atomic E-state index is 0.676. The van der Waals surface area contributed by atoms with Gasteiger partial charge in [-0.3, -0.25) is 4.98 Å². The van der Waals surface area contributed by atoms with Crippen molar-refractivity contribution in [2.45, 2.75) is 41.5 Å². The quantitative estimate of drug-likeness (QED) is 0.747. The second-order valence-corrected chi connectivity index (χ2v) is 3.41. The van der Waals surface area contributed by atoms with Crippen molar-refractivity contribution in [3.63, 3.8) is 0 Å². The molecule has 0 unspecified atom stereocenters. The Balaban J connectivity index is 0. The Labute approximate surface area is 124 Å². The van der Waals surface area contributed by atoms with Crippen LogP contribution in [0.1, 0.15) is 38.8 Å². The smallest absolute Gasteiger partial charge is 0.213 e. The number of hydrogen-bond donors (Lipinski definition) is 0. The van der Waals surface area contributed by atoms with Crippen molar-refractivity contribution in [2.24, 2.45) is 0 Å². The molecule has 0 radical (unpaired) electrons. The minimum atomic E-state index is 0.676. The van der Waals surface area contributed by atoms with E-state index in [0.717, 1.165) is 0 Å². The van der Waals surface area contributed by atoms with Crippen molar-refractivity contribution < 1.29 is 4.74 Å². The number of hydrogen-bond acceptors (Lipinski definition) is 3. The summed E-state index contributed by atoms with van der Waals surface area (Å²) in [4.78, 5) is 7.82. The zero-order valence-corrected chi connectivity index (χ0v) is 13.8. The number of ether oxygens (including phenoxy) is 1. The Morgan fingerprint density at radius 3 is 1.85 bits per heavy atom. The van der Waals surface area contributed by atoms with Gasteiger partial charge in [0.05, 0.1) is 7.11 Å². The summed E-state index contributed by atoms with van der Waals surface area (Å²) in [7, 11) is 1.61. The van der Waals surface area contributed by atoms with Crippen LogP contribution in [0, 0.1) is 13.8 Å². The second kappa shape index (κ2) is 15.2. The predicted molar refractivity (Wildman–Crippen MR) is 87.2 cm³/mol. The Bertz CT molecular complexity index is 416. The molecule has 0 fully saturated rings. The molecule has 0 bridgehead atoms. The standard InChI is InChI=1S/C7H9NO.C6H7N.2C2H6/c1-6-3-4-8-7(5-6)9-2;1-6-3-2-4-7-5-6;2*1-2/h3-5H,1-2H3;2-5H,1H3;2*1-2H3. The maximum absolute atomic E-state index is 4.88. The van der Waals surface area contributed by atoms with Crippen LogP contribution in [0.3, 0.4) is 0 Å². The van der Waals surface area contributed by atoms with E-state index in [2.05, 4.69) is 9.97 Å². The van der Waals surface area contributed by atoms with Crippen LogP contribution in [0.25, 0.3) is 0 Å². The van der Waals surface area contributed by atoms with Gasteiger partial charge in [-0.05, 0) is 37.1 Å². The third kappa shape index (κ3) is 11.2. The normalized spacial score (nSPS) is 7.75. The molecule has 0 aliphatic heterocycles. The van der Waals surface area contributed by atoms with Crippen LogP contribution in [0.2, 0.25) is 0 Å². The van der Waals surface area contributed by atoms with E-state index < -0.39 is 0 Å². The molecule has 112 valence electrons. The molecule has 0 aliphatic rings. The molecule has 0 atom stereocenters. The zero-order chi connectivity index (χ0) is 15.8. The maximum atomic E-state index is 4.88. The second-order valence-electron chi connectivity index (χ2n) is 3.41. The van der Waals surface area contributed by atoms with Gasteiger partial charge in [0.15, 0.2) is 0 Å². The van der Waals surface area contributed by atoms with E-state index in [4.69, 9.17) is 4.74 Å².